The van der Waals surface area contributed by atoms with Gasteiger partial charge in [-0.25, -0.2) is 0 Å². The average Bonchev–Trinajstić information content (AvgIpc) is 3.63. The molecule has 0 heterocycles. The van der Waals surface area contributed by atoms with Gasteiger partial charge in [0.1, 0.15) is 4.33 Å². The molecule has 2 fully saturated rings. The van der Waals surface area contributed by atoms with Crippen LogP contribution in [0.15, 0.2) is 36.4 Å². The molecule has 2 atom stereocenters. The number of hydrogen-bond acceptors (Lipinski definition) is 4. The lowest BCUT2D eigenvalue weighted by Crippen LogP contribution is -2.17. The van der Waals surface area contributed by atoms with E-state index in [0.29, 0.717) is 34.7 Å². The summed E-state index contributed by atoms with van der Waals surface area (Å²) >= 11 is 25.0. The van der Waals surface area contributed by atoms with E-state index in [1.807, 2.05) is 6.07 Å². The number of halogens is 4. The van der Waals surface area contributed by atoms with Crippen LogP contribution in [0.5, 0.6) is 0 Å². The zero-order chi connectivity index (χ0) is 23.3. The standard InChI is InChI=1S/C23H15Cl4N3O2/c24-14-6-12(10-28)5-13(7-14)19-20(23(19,26)27)21(32)30-15-1-2-17(25)16(8-15)18(31)9-22(11-29)3-4-22/h1-2,5-8,19-20H,3-4,9H2,(H,30,32). The van der Waals surface area contributed by atoms with Crippen LogP contribution in [0, 0.1) is 34.0 Å². The number of ketones is 1. The molecule has 162 valence electrons. The number of benzene rings is 2. The summed E-state index contributed by atoms with van der Waals surface area (Å²) in [6, 6.07) is 13.5. The molecule has 32 heavy (non-hydrogen) atoms. The number of rotatable bonds is 6. The van der Waals surface area contributed by atoms with E-state index in [4.69, 9.17) is 51.7 Å². The predicted molar refractivity (Wildman–Crippen MR) is 123 cm³/mol. The number of anilines is 1. The maximum Gasteiger partial charge on any atom is 0.231 e. The maximum atomic E-state index is 12.9. The van der Waals surface area contributed by atoms with Crippen molar-refractivity contribution in [3.05, 3.63) is 63.1 Å². The van der Waals surface area contributed by atoms with E-state index in [0.717, 1.165) is 0 Å². The molecule has 2 aliphatic carbocycles. The Bertz CT molecular complexity index is 1220. The topological polar surface area (TPSA) is 93.8 Å². The summed E-state index contributed by atoms with van der Waals surface area (Å²) in [4.78, 5) is 25.6. The predicted octanol–water partition coefficient (Wildman–Crippen LogP) is 6.27. The number of hydrogen-bond donors (Lipinski definition) is 1. The molecule has 0 radical (unpaired) electrons. The van der Waals surface area contributed by atoms with Crippen LogP contribution in [-0.2, 0) is 4.79 Å². The van der Waals surface area contributed by atoms with Crippen LogP contribution in [0.3, 0.4) is 0 Å². The molecular formula is C23H15Cl4N3O2. The summed E-state index contributed by atoms with van der Waals surface area (Å²) in [5, 5.41) is 21.7. The second kappa shape index (κ2) is 8.25. The largest absolute Gasteiger partial charge is 0.326 e. The molecule has 0 aromatic heterocycles. The summed E-state index contributed by atoms with van der Waals surface area (Å²) in [6.45, 7) is 0. The van der Waals surface area contributed by atoms with Crippen molar-refractivity contribution in [1.82, 2.24) is 0 Å². The highest BCUT2D eigenvalue weighted by atomic mass is 35.5. The van der Waals surface area contributed by atoms with Gasteiger partial charge in [0.05, 0.1) is 34.1 Å². The van der Waals surface area contributed by atoms with Crippen molar-refractivity contribution in [1.29, 1.82) is 10.5 Å². The second-order valence-electron chi connectivity index (χ2n) is 8.19. The lowest BCUT2D eigenvalue weighted by molar-refractivity contribution is -0.117. The van der Waals surface area contributed by atoms with Crippen LogP contribution in [0.2, 0.25) is 10.0 Å². The third-order valence-corrected chi connectivity index (χ3v) is 7.36. The first-order valence-electron chi connectivity index (χ1n) is 9.73. The minimum absolute atomic E-state index is 0.0911. The van der Waals surface area contributed by atoms with E-state index in [1.165, 1.54) is 18.2 Å². The average molecular weight is 507 g/mol. The zero-order valence-corrected chi connectivity index (χ0v) is 19.5. The first-order chi connectivity index (χ1) is 15.1. The monoisotopic (exact) mass is 505 g/mol. The van der Waals surface area contributed by atoms with Gasteiger partial charge in [-0.15, -0.1) is 23.2 Å². The molecule has 4 rings (SSSR count). The SMILES string of the molecule is N#Cc1cc(Cl)cc(C2C(C(=O)Nc3ccc(Cl)c(C(=O)CC4(C#N)CC4)c3)C2(Cl)Cl)c1. The first kappa shape index (κ1) is 22.9. The van der Waals surface area contributed by atoms with Crippen LogP contribution < -0.4 is 5.32 Å². The minimum Gasteiger partial charge on any atom is -0.326 e. The summed E-state index contributed by atoms with van der Waals surface area (Å²) < 4.78 is -1.36. The van der Waals surface area contributed by atoms with E-state index in [9.17, 15) is 14.9 Å². The van der Waals surface area contributed by atoms with Crippen molar-refractivity contribution < 1.29 is 9.59 Å². The maximum absolute atomic E-state index is 12.9. The fourth-order valence-corrected chi connectivity index (χ4v) is 5.14. The van der Waals surface area contributed by atoms with Gasteiger partial charge in [-0.3, -0.25) is 9.59 Å². The van der Waals surface area contributed by atoms with Crippen molar-refractivity contribution in [2.75, 3.05) is 5.32 Å². The Balaban J connectivity index is 1.52. The molecule has 0 aliphatic heterocycles. The lowest BCUT2D eigenvalue weighted by Gasteiger charge is -2.10. The molecule has 5 nitrogen and oxygen atoms in total. The van der Waals surface area contributed by atoms with Crippen LogP contribution in [0.4, 0.5) is 5.69 Å². The summed E-state index contributed by atoms with van der Waals surface area (Å²) in [7, 11) is 0. The van der Waals surface area contributed by atoms with Gasteiger partial charge in [-0.1, -0.05) is 23.2 Å². The van der Waals surface area contributed by atoms with Crippen LogP contribution in [0.1, 0.15) is 46.7 Å². The summed E-state index contributed by atoms with van der Waals surface area (Å²) in [5.74, 6) is -2.01. The third kappa shape index (κ3) is 4.32. The van der Waals surface area contributed by atoms with E-state index < -0.39 is 27.5 Å². The normalized spacial score (nSPS) is 21.7. The smallest absolute Gasteiger partial charge is 0.231 e. The number of alkyl halides is 2. The Hall–Kier alpha value is -2.28. The molecule has 2 aromatic rings. The number of nitriles is 2. The van der Waals surface area contributed by atoms with E-state index >= 15 is 0 Å². The Morgan fingerprint density at radius 3 is 2.44 bits per heavy atom. The Kier molecular flexibility index (Phi) is 5.90. The number of carbonyl (C=O) groups is 2. The fraction of sp³-hybridized carbons (Fsp3) is 0.304. The van der Waals surface area contributed by atoms with Gasteiger partial charge >= 0.3 is 0 Å². The molecule has 2 saturated carbocycles. The van der Waals surface area contributed by atoms with Gasteiger partial charge < -0.3 is 5.32 Å². The molecule has 0 saturated heterocycles. The zero-order valence-electron chi connectivity index (χ0n) is 16.5. The highest BCUT2D eigenvalue weighted by Gasteiger charge is 2.67. The number of Topliss-reactive ketones (excluding diaryl/α,β-unsaturated/α-hetero) is 1. The van der Waals surface area contributed by atoms with Gasteiger partial charge in [0, 0.05) is 28.6 Å². The Labute approximate surface area is 204 Å². The van der Waals surface area contributed by atoms with Crippen molar-refractivity contribution in [2.45, 2.75) is 29.5 Å². The minimum atomic E-state index is -1.36. The number of amides is 1. The Morgan fingerprint density at radius 2 is 1.81 bits per heavy atom. The van der Waals surface area contributed by atoms with Gasteiger partial charge in [0.15, 0.2) is 5.78 Å². The van der Waals surface area contributed by atoms with E-state index in [2.05, 4.69) is 11.4 Å². The molecule has 2 aliphatic rings. The highest BCUT2D eigenvalue weighted by Crippen LogP contribution is 2.65. The van der Waals surface area contributed by atoms with Crippen molar-refractivity contribution >= 4 is 63.8 Å². The molecule has 9 heteroatoms. The van der Waals surface area contributed by atoms with Gasteiger partial charge in [-0.05, 0) is 54.8 Å². The van der Waals surface area contributed by atoms with E-state index in [1.54, 1.807) is 18.2 Å². The van der Waals surface area contributed by atoms with Crippen molar-refractivity contribution in [2.24, 2.45) is 11.3 Å². The Morgan fingerprint density at radius 1 is 1.09 bits per heavy atom. The van der Waals surface area contributed by atoms with Crippen molar-refractivity contribution in [3.63, 3.8) is 0 Å². The molecule has 2 aromatic carbocycles. The van der Waals surface area contributed by atoms with Crippen LogP contribution in [0.25, 0.3) is 0 Å². The van der Waals surface area contributed by atoms with Crippen LogP contribution in [-0.4, -0.2) is 16.0 Å². The van der Waals surface area contributed by atoms with Crippen molar-refractivity contribution in [3.8, 4) is 12.1 Å². The molecule has 1 N–H and O–H groups in total. The summed E-state index contributed by atoms with van der Waals surface area (Å²) in [6.07, 6.45) is 1.47. The van der Waals surface area contributed by atoms with Crippen LogP contribution >= 0.6 is 46.4 Å². The van der Waals surface area contributed by atoms with Gasteiger partial charge in [0.2, 0.25) is 5.91 Å². The summed E-state index contributed by atoms with van der Waals surface area (Å²) in [5.41, 5.74) is 0.946. The molecule has 0 spiro atoms. The van der Waals surface area contributed by atoms with Gasteiger partial charge in [0.25, 0.3) is 0 Å². The molecule has 1 amide bonds. The van der Waals surface area contributed by atoms with E-state index in [-0.39, 0.29) is 22.8 Å². The second-order valence-corrected chi connectivity index (χ2v) is 10.5. The third-order valence-electron chi connectivity index (χ3n) is 5.87. The molecule has 0 bridgehead atoms. The number of nitrogens with one attached hydrogen (secondary N) is 1. The quantitative estimate of drug-likeness (QED) is 0.369. The lowest BCUT2D eigenvalue weighted by atomic mass is 9.96. The number of carbonyl (C=O) groups excluding carboxylic acids is 2. The fourth-order valence-electron chi connectivity index (χ4n) is 3.84. The van der Waals surface area contributed by atoms with Gasteiger partial charge in [-0.2, -0.15) is 10.5 Å². The highest BCUT2D eigenvalue weighted by molar-refractivity contribution is 6.53. The molecular weight excluding hydrogens is 492 g/mol. The molecule has 2 unspecified atom stereocenters. The first-order valence-corrected chi connectivity index (χ1v) is 11.2. The number of nitrogens with zero attached hydrogens (tertiary/aromatic N) is 2.